The van der Waals surface area contributed by atoms with Gasteiger partial charge in [0.05, 0.1) is 0 Å². The maximum atomic E-state index is 12.3. The molecule has 1 saturated heterocycles. The number of amides is 2. The van der Waals surface area contributed by atoms with E-state index in [2.05, 4.69) is 41.4 Å². The second-order valence-corrected chi connectivity index (χ2v) is 7.64. The van der Waals surface area contributed by atoms with Crippen molar-refractivity contribution in [1.29, 1.82) is 0 Å². The lowest BCUT2D eigenvalue weighted by Gasteiger charge is -2.32. The first-order valence-corrected chi connectivity index (χ1v) is 10.1. The van der Waals surface area contributed by atoms with Gasteiger partial charge in [-0.25, -0.2) is 0 Å². The zero-order valence-corrected chi connectivity index (χ0v) is 16.4. The third-order valence-corrected chi connectivity index (χ3v) is 5.37. The highest BCUT2D eigenvalue weighted by atomic mass is 16.2. The van der Waals surface area contributed by atoms with Gasteiger partial charge in [-0.15, -0.1) is 0 Å². The van der Waals surface area contributed by atoms with Crippen molar-refractivity contribution in [3.63, 3.8) is 0 Å². The van der Waals surface area contributed by atoms with Crippen LogP contribution in [0.3, 0.4) is 0 Å². The van der Waals surface area contributed by atoms with Gasteiger partial charge in [0.25, 0.3) is 0 Å². The minimum Gasteiger partial charge on any atom is -0.356 e. The number of unbranched alkanes of at least 4 members (excludes halogenated alkanes) is 2. The molecular weight excluding hydrogens is 324 g/mol. The van der Waals surface area contributed by atoms with E-state index >= 15 is 0 Å². The smallest absolute Gasteiger partial charge is 0.222 e. The molecule has 2 rings (SSSR count). The Hall–Kier alpha value is -1.84. The van der Waals surface area contributed by atoms with Crippen molar-refractivity contribution >= 4 is 11.8 Å². The molecule has 1 aliphatic rings. The Morgan fingerprint density at radius 3 is 2.42 bits per heavy atom. The Kier molecular flexibility index (Phi) is 8.66. The fourth-order valence-electron chi connectivity index (χ4n) is 3.60. The molecule has 0 saturated carbocycles. The van der Waals surface area contributed by atoms with Crippen LogP contribution in [0.4, 0.5) is 0 Å². The second kappa shape index (κ2) is 11.0. The first-order chi connectivity index (χ1) is 12.5. The largest absolute Gasteiger partial charge is 0.356 e. The Balaban J connectivity index is 1.56. The summed E-state index contributed by atoms with van der Waals surface area (Å²) in [6.07, 6.45) is 8.18. The van der Waals surface area contributed by atoms with Crippen LogP contribution in [0, 0.1) is 12.8 Å². The fourth-order valence-corrected chi connectivity index (χ4v) is 3.60. The molecule has 2 amide bonds. The van der Waals surface area contributed by atoms with Crippen molar-refractivity contribution < 1.29 is 9.59 Å². The third kappa shape index (κ3) is 7.59. The number of hydrogen-bond acceptors (Lipinski definition) is 2. The molecule has 1 aromatic rings. The molecule has 0 spiro atoms. The van der Waals surface area contributed by atoms with Gasteiger partial charge in [0.2, 0.25) is 11.8 Å². The zero-order chi connectivity index (χ0) is 18.8. The molecule has 0 aliphatic carbocycles. The number of carbonyl (C=O) groups excluding carboxylic acids is 2. The lowest BCUT2D eigenvalue weighted by atomic mass is 9.90. The van der Waals surface area contributed by atoms with Crippen molar-refractivity contribution in [3.8, 4) is 0 Å². The van der Waals surface area contributed by atoms with E-state index in [9.17, 15) is 9.59 Å². The molecule has 4 heteroatoms. The van der Waals surface area contributed by atoms with Crippen molar-refractivity contribution in [2.45, 2.75) is 65.2 Å². The van der Waals surface area contributed by atoms with Crippen LogP contribution in [-0.2, 0) is 16.0 Å². The number of nitrogens with one attached hydrogen (secondary N) is 1. The molecule has 144 valence electrons. The van der Waals surface area contributed by atoms with Crippen molar-refractivity contribution in [3.05, 3.63) is 35.4 Å². The van der Waals surface area contributed by atoms with Gasteiger partial charge in [0.1, 0.15) is 0 Å². The van der Waals surface area contributed by atoms with Gasteiger partial charge in [-0.1, -0.05) is 36.2 Å². The molecule has 0 aromatic heterocycles. The molecule has 1 fully saturated rings. The lowest BCUT2D eigenvalue weighted by Crippen LogP contribution is -2.38. The highest BCUT2D eigenvalue weighted by Gasteiger charge is 2.22. The van der Waals surface area contributed by atoms with Crippen molar-refractivity contribution in [1.82, 2.24) is 10.2 Å². The van der Waals surface area contributed by atoms with Crippen LogP contribution in [0.1, 0.15) is 63.0 Å². The molecule has 0 atom stereocenters. The first-order valence-electron chi connectivity index (χ1n) is 10.1. The van der Waals surface area contributed by atoms with Crippen LogP contribution in [0.2, 0.25) is 0 Å². The van der Waals surface area contributed by atoms with E-state index in [0.717, 1.165) is 64.1 Å². The minimum absolute atomic E-state index is 0.0197. The topological polar surface area (TPSA) is 49.4 Å². The van der Waals surface area contributed by atoms with Crippen molar-refractivity contribution in [2.75, 3.05) is 19.6 Å². The van der Waals surface area contributed by atoms with E-state index in [1.807, 2.05) is 0 Å². The maximum absolute atomic E-state index is 12.3. The van der Waals surface area contributed by atoms with Crippen LogP contribution in [-0.4, -0.2) is 36.3 Å². The molecule has 1 aromatic carbocycles. The Bertz CT molecular complexity index is 560. The molecule has 1 heterocycles. The Morgan fingerprint density at radius 1 is 1.08 bits per heavy atom. The van der Waals surface area contributed by atoms with Gasteiger partial charge in [0, 0.05) is 33.0 Å². The number of carbonyl (C=O) groups is 2. The van der Waals surface area contributed by atoms with Gasteiger partial charge >= 0.3 is 0 Å². The van der Waals surface area contributed by atoms with E-state index in [0.29, 0.717) is 12.3 Å². The summed E-state index contributed by atoms with van der Waals surface area (Å²) in [6.45, 7) is 6.22. The predicted molar refractivity (Wildman–Crippen MR) is 106 cm³/mol. The lowest BCUT2D eigenvalue weighted by molar-refractivity contribution is -0.132. The van der Waals surface area contributed by atoms with Crippen LogP contribution in [0.15, 0.2) is 24.3 Å². The Morgan fingerprint density at radius 2 is 1.77 bits per heavy atom. The molecule has 1 N–H and O–H groups in total. The molecule has 0 radical (unpaired) electrons. The summed E-state index contributed by atoms with van der Waals surface area (Å²) in [5.74, 6) is 1.07. The first kappa shape index (κ1) is 20.5. The second-order valence-electron chi connectivity index (χ2n) is 7.64. The third-order valence-electron chi connectivity index (χ3n) is 5.37. The van der Waals surface area contributed by atoms with Gasteiger partial charge in [-0.05, 0) is 56.9 Å². The van der Waals surface area contributed by atoms with Gasteiger partial charge < -0.3 is 10.2 Å². The summed E-state index contributed by atoms with van der Waals surface area (Å²) in [7, 11) is 0. The highest BCUT2D eigenvalue weighted by Crippen LogP contribution is 2.23. The predicted octanol–water partition coefficient (Wildman–Crippen LogP) is 3.86. The fraction of sp³-hybridized carbons (Fsp3) is 0.636. The SMILES string of the molecule is CC(=O)NCCCCCC(=O)N1CCC(CCc2ccc(C)cc2)CC1. The van der Waals surface area contributed by atoms with E-state index < -0.39 is 0 Å². The average Bonchev–Trinajstić information content (AvgIpc) is 2.64. The van der Waals surface area contributed by atoms with E-state index in [1.165, 1.54) is 24.5 Å². The molecular formula is C22H34N2O2. The van der Waals surface area contributed by atoms with Crippen LogP contribution in [0.5, 0.6) is 0 Å². The van der Waals surface area contributed by atoms with E-state index in [-0.39, 0.29) is 5.91 Å². The Labute approximate surface area is 158 Å². The molecule has 0 bridgehead atoms. The number of hydrogen-bond donors (Lipinski definition) is 1. The summed E-state index contributed by atoms with van der Waals surface area (Å²) in [5.41, 5.74) is 2.74. The number of aryl methyl sites for hydroxylation is 2. The molecule has 4 nitrogen and oxygen atoms in total. The number of rotatable bonds is 9. The number of likely N-dealkylation sites (tertiary alicyclic amines) is 1. The summed E-state index contributed by atoms with van der Waals surface area (Å²) >= 11 is 0. The normalized spacial score (nSPS) is 15.1. The van der Waals surface area contributed by atoms with Crippen LogP contribution < -0.4 is 5.32 Å². The van der Waals surface area contributed by atoms with Crippen molar-refractivity contribution in [2.24, 2.45) is 5.92 Å². The monoisotopic (exact) mass is 358 g/mol. The summed E-state index contributed by atoms with van der Waals surface area (Å²) in [4.78, 5) is 25.2. The van der Waals surface area contributed by atoms with E-state index in [1.54, 1.807) is 0 Å². The minimum atomic E-state index is 0.0197. The van der Waals surface area contributed by atoms with Gasteiger partial charge in [-0.2, -0.15) is 0 Å². The number of piperidine rings is 1. The quantitative estimate of drug-likeness (QED) is 0.682. The number of benzene rings is 1. The van der Waals surface area contributed by atoms with E-state index in [4.69, 9.17) is 0 Å². The number of nitrogens with zero attached hydrogens (tertiary/aromatic N) is 1. The summed E-state index contributed by atoms with van der Waals surface area (Å²) < 4.78 is 0. The van der Waals surface area contributed by atoms with Gasteiger partial charge in [0.15, 0.2) is 0 Å². The van der Waals surface area contributed by atoms with Crippen LogP contribution in [0.25, 0.3) is 0 Å². The zero-order valence-electron chi connectivity index (χ0n) is 16.4. The highest BCUT2D eigenvalue weighted by molar-refractivity contribution is 5.76. The maximum Gasteiger partial charge on any atom is 0.222 e. The average molecular weight is 359 g/mol. The standard InChI is InChI=1S/C22H34N2O2/c1-18-7-9-20(10-8-18)11-12-21-13-16-24(17-14-21)22(26)6-4-3-5-15-23-19(2)25/h7-10,21H,3-6,11-17H2,1-2H3,(H,23,25). The summed E-state index contributed by atoms with van der Waals surface area (Å²) in [5, 5.41) is 2.79. The molecule has 26 heavy (non-hydrogen) atoms. The molecule has 0 unspecified atom stereocenters. The van der Waals surface area contributed by atoms with Gasteiger partial charge in [-0.3, -0.25) is 9.59 Å². The van der Waals surface area contributed by atoms with Crippen LogP contribution >= 0.6 is 0 Å². The molecule has 1 aliphatic heterocycles. The summed E-state index contributed by atoms with van der Waals surface area (Å²) in [6, 6.07) is 8.85.